The third-order valence-electron chi connectivity index (χ3n) is 6.40. The second kappa shape index (κ2) is 13.2. The van der Waals surface area contributed by atoms with E-state index in [4.69, 9.17) is 19.4 Å². The third-order valence-corrected chi connectivity index (χ3v) is 8.27. The molecule has 190 valence electrons. The Morgan fingerprint density at radius 3 is 1.65 bits per heavy atom. The van der Waals surface area contributed by atoms with E-state index >= 15 is 0 Å². The molecule has 0 N–H and O–H groups in total. The van der Waals surface area contributed by atoms with Gasteiger partial charge in [-0.3, -0.25) is 0 Å². The zero-order chi connectivity index (χ0) is 24.1. The Kier molecular flexibility index (Phi) is 11.3. The quantitative estimate of drug-likeness (QED) is 0.258. The standard InChI is InChI=1S/C21H31N2.C7H6.CH3.2ClH.Ru/c1-14-9-16(3)20(17(4)10-14)22-7-8-23(13-22)21-18(5)11-15(2)12-19(21)6;1-7-5-3-2-4-6-7;;;;/h9,11,13,17,19H,7-8,10,12H2,1-6H3;1-6H;1H3;2*1H;/q-1;;-1;;;+2/p-2/t17-,19+;;;;;. The summed E-state index contributed by atoms with van der Waals surface area (Å²) in [6.45, 7) is 18.4. The van der Waals surface area contributed by atoms with Gasteiger partial charge in [0.05, 0.1) is 0 Å². The van der Waals surface area contributed by atoms with Crippen molar-refractivity contribution in [1.29, 1.82) is 0 Å². The molecule has 0 saturated carbocycles. The molecule has 1 aliphatic heterocycles. The van der Waals surface area contributed by atoms with Crippen LogP contribution in [0.5, 0.6) is 0 Å². The first-order valence-corrected chi connectivity index (χ1v) is 17.2. The molecule has 1 aromatic carbocycles. The SMILES string of the molecule is CC1=CC(C)=C(N2[CH-]N(C3=C(C)C=C(C)C[C@@H]3C)CC2)[C@H](C)C1.[CH3-].[Cl][Ru]([Cl])=[CH]c1ccccc1. The van der Waals surface area contributed by atoms with E-state index in [1.807, 2.05) is 34.9 Å². The van der Waals surface area contributed by atoms with Gasteiger partial charge in [-0.1, -0.05) is 37.1 Å². The van der Waals surface area contributed by atoms with Crippen LogP contribution >= 0.6 is 19.4 Å². The molecule has 0 aromatic heterocycles. The number of nitrogens with zero attached hydrogens (tertiary/aromatic N) is 2. The van der Waals surface area contributed by atoms with Gasteiger partial charge >= 0.3 is 73.4 Å². The number of hydrogen-bond acceptors (Lipinski definition) is 2. The second-order valence-corrected chi connectivity index (χ2v) is 15.3. The van der Waals surface area contributed by atoms with Crippen molar-refractivity contribution in [2.45, 2.75) is 54.4 Å². The van der Waals surface area contributed by atoms with Crippen molar-refractivity contribution < 1.29 is 13.5 Å². The first-order chi connectivity index (χ1) is 15.7. The Labute approximate surface area is 221 Å². The predicted molar refractivity (Wildman–Crippen MR) is 148 cm³/mol. The van der Waals surface area contributed by atoms with Crippen LogP contribution in [0.1, 0.15) is 59.9 Å². The molecule has 1 heterocycles. The first-order valence-electron chi connectivity index (χ1n) is 11.7. The van der Waals surface area contributed by atoms with E-state index < -0.39 is 13.5 Å². The van der Waals surface area contributed by atoms with Gasteiger partial charge in [0.2, 0.25) is 0 Å². The van der Waals surface area contributed by atoms with Crippen molar-refractivity contribution >= 4 is 24.0 Å². The predicted octanol–water partition coefficient (Wildman–Crippen LogP) is 8.46. The van der Waals surface area contributed by atoms with Gasteiger partial charge in [-0.2, -0.15) is 6.67 Å². The molecular weight excluding hydrogens is 548 g/mol. The molecule has 2 atom stereocenters. The normalized spacial score (nSPS) is 23.0. The van der Waals surface area contributed by atoms with Gasteiger partial charge in [0, 0.05) is 13.1 Å². The van der Waals surface area contributed by atoms with Crippen LogP contribution < -0.4 is 0 Å². The summed E-state index contributed by atoms with van der Waals surface area (Å²) < 4.78 is 1.92. The molecule has 0 radical (unpaired) electrons. The number of allylic oxidation sites excluding steroid dienone is 8. The van der Waals surface area contributed by atoms with Gasteiger partial charge in [0.1, 0.15) is 0 Å². The molecule has 34 heavy (non-hydrogen) atoms. The van der Waals surface area contributed by atoms with Crippen molar-refractivity contribution in [3.05, 3.63) is 95.8 Å². The average Bonchev–Trinajstić information content (AvgIpc) is 3.16. The molecule has 1 saturated heterocycles. The van der Waals surface area contributed by atoms with E-state index in [0.717, 1.165) is 18.7 Å². The number of hydrogen-bond donors (Lipinski definition) is 0. The van der Waals surface area contributed by atoms with Gasteiger partial charge in [0.15, 0.2) is 0 Å². The molecule has 3 aliphatic rings. The van der Waals surface area contributed by atoms with Gasteiger partial charge in [-0.15, -0.1) is 0 Å². The van der Waals surface area contributed by atoms with E-state index in [-0.39, 0.29) is 7.43 Å². The second-order valence-electron chi connectivity index (χ2n) is 9.55. The van der Waals surface area contributed by atoms with Crippen LogP contribution in [-0.2, 0) is 13.5 Å². The van der Waals surface area contributed by atoms with Crippen LogP contribution in [0.4, 0.5) is 0 Å². The molecule has 1 aromatic rings. The minimum absolute atomic E-state index is 0. The fraction of sp³-hybridized carbons (Fsp3) is 0.414. The summed E-state index contributed by atoms with van der Waals surface area (Å²) in [7, 11) is 11.3. The van der Waals surface area contributed by atoms with E-state index in [9.17, 15) is 0 Å². The zero-order valence-electron chi connectivity index (χ0n) is 21.7. The molecule has 0 spiro atoms. The molecule has 4 rings (SSSR count). The van der Waals surface area contributed by atoms with E-state index in [1.54, 1.807) is 0 Å². The minimum atomic E-state index is -1.61. The Balaban J connectivity index is 0.000000314. The van der Waals surface area contributed by atoms with Gasteiger partial charge < -0.3 is 17.2 Å². The van der Waals surface area contributed by atoms with Crippen molar-refractivity contribution in [2.75, 3.05) is 13.1 Å². The molecule has 0 amide bonds. The van der Waals surface area contributed by atoms with Gasteiger partial charge in [-0.25, -0.2) is 0 Å². The monoisotopic (exact) mass is 588 g/mol. The summed E-state index contributed by atoms with van der Waals surface area (Å²) in [5.74, 6) is 1.24. The molecule has 2 nitrogen and oxygen atoms in total. The van der Waals surface area contributed by atoms with Crippen LogP contribution in [0.3, 0.4) is 0 Å². The molecule has 0 bridgehead atoms. The molecule has 0 unspecified atom stereocenters. The molecule has 2 aliphatic carbocycles. The van der Waals surface area contributed by atoms with Crippen molar-refractivity contribution in [1.82, 2.24) is 9.80 Å². The number of rotatable bonds is 3. The van der Waals surface area contributed by atoms with E-state index in [1.165, 1.54) is 46.5 Å². The molecule has 5 heteroatoms. The topological polar surface area (TPSA) is 6.48 Å². The summed E-state index contributed by atoms with van der Waals surface area (Å²) in [6, 6.07) is 9.89. The summed E-state index contributed by atoms with van der Waals surface area (Å²) in [6.07, 6.45) is 7.12. The summed E-state index contributed by atoms with van der Waals surface area (Å²) >= 11 is -1.61. The third kappa shape index (κ3) is 7.68. The Morgan fingerprint density at radius 2 is 1.26 bits per heavy atom. The van der Waals surface area contributed by atoms with Crippen molar-refractivity contribution in [3.63, 3.8) is 0 Å². The average molecular weight is 589 g/mol. The fourth-order valence-corrected chi connectivity index (χ4v) is 7.26. The Hall–Kier alpha value is -1.15. The van der Waals surface area contributed by atoms with Crippen molar-refractivity contribution in [3.8, 4) is 0 Å². The first kappa shape index (κ1) is 29.1. The zero-order valence-corrected chi connectivity index (χ0v) is 24.9. The fourth-order valence-electron chi connectivity index (χ4n) is 5.44. The van der Waals surface area contributed by atoms with Gasteiger partial charge in [0.25, 0.3) is 0 Å². The summed E-state index contributed by atoms with van der Waals surface area (Å²) in [4.78, 5) is 5.00. The number of benzene rings is 1. The maximum atomic E-state index is 5.67. The van der Waals surface area contributed by atoms with E-state index in [0.29, 0.717) is 11.8 Å². The Bertz CT molecular complexity index is 946. The van der Waals surface area contributed by atoms with Crippen LogP contribution in [0.2, 0.25) is 0 Å². The molecule has 1 fully saturated rings. The van der Waals surface area contributed by atoms with Crippen LogP contribution in [0.25, 0.3) is 0 Å². The summed E-state index contributed by atoms with van der Waals surface area (Å²) in [5, 5.41) is 0. The van der Waals surface area contributed by atoms with E-state index in [2.05, 4.69) is 70.2 Å². The summed E-state index contributed by atoms with van der Waals surface area (Å²) in [5.41, 5.74) is 10.1. The molecular formula is C29H40Cl2N2Ru-2. The van der Waals surface area contributed by atoms with Crippen LogP contribution in [0, 0.1) is 25.9 Å². The maximum absolute atomic E-state index is 5.67. The van der Waals surface area contributed by atoms with Gasteiger partial charge in [-0.05, 0) is 74.9 Å². The van der Waals surface area contributed by atoms with Crippen LogP contribution in [0.15, 0.2) is 76.2 Å². The Morgan fingerprint density at radius 1 is 0.824 bits per heavy atom. The number of halogens is 2. The van der Waals surface area contributed by atoms with Crippen molar-refractivity contribution in [2.24, 2.45) is 11.8 Å². The van der Waals surface area contributed by atoms with Crippen LogP contribution in [-0.4, -0.2) is 27.5 Å².